The van der Waals surface area contributed by atoms with E-state index in [1.807, 2.05) is 24.0 Å². The van der Waals surface area contributed by atoms with Crippen LogP contribution in [0.3, 0.4) is 0 Å². The average Bonchev–Trinajstić information content (AvgIpc) is 2.30. The van der Waals surface area contributed by atoms with Gasteiger partial charge in [0.2, 0.25) is 0 Å². The molecule has 0 aliphatic heterocycles. The predicted molar refractivity (Wildman–Crippen MR) is 77.4 cm³/mol. The molecule has 0 saturated heterocycles. The highest BCUT2D eigenvalue weighted by Gasteiger charge is 2.01. The average molecular weight is 308 g/mol. The van der Waals surface area contributed by atoms with Crippen molar-refractivity contribution in [3.63, 3.8) is 0 Å². The first-order valence-electron chi connectivity index (χ1n) is 5.45. The molecule has 0 amide bonds. The summed E-state index contributed by atoms with van der Waals surface area (Å²) in [6, 6.07) is 10.7. The Morgan fingerprint density at radius 3 is 2.65 bits per heavy atom. The summed E-state index contributed by atoms with van der Waals surface area (Å²) >= 11 is 5.23. The molecule has 2 aromatic rings. The van der Waals surface area contributed by atoms with Gasteiger partial charge in [0.05, 0.1) is 5.69 Å². The van der Waals surface area contributed by atoms with Crippen LogP contribution in [0, 0.1) is 13.8 Å². The molecule has 0 aliphatic rings. The molecule has 17 heavy (non-hydrogen) atoms. The Labute approximate surface area is 115 Å². The number of hydrogen-bond donors (Lipinski definition) is 0. The Bertz CT molecular complexity index is 508. The van der Waals surface area contributed by atoms with Gasteiger partial charge in [-0.15, -0.1) is 11.8 Å². The molecule has 0 radical (unpaired) electrons. The highest BCUT2D eigenvalue weighted by atomic mass is 79.9. The first-order valence-corrected chi connectivity index (χ1v) is 7.23. The van der Waals surface area contributed by atoms with Crippen LogP contribution >= 0.6 is 27.7 Å². The van der Waals surface area contributed by atoms with E-state index >= 15 is 0 Å². The molecule has 1 heterocycles. The lowest BCUT2D eigenvalue weighted by atomic mass is 10.2. The fourth-order valence-corrected chi connectivity index (χ4v) is 2.76. The van der Waals surface area contributed by atoms with Crippen LogP contribution < -0.4 is 0 Å². The molecular weight excluding hydrogens is 294 g/mol. The van der Waals surface area contributed by atoms with Crippen molar-refractivity contribution in [2.24, 2.45) is 0 Å². The molecule has 0 bridgehead atoms. The monoisotopic (exact) mass is 307 g/mol. The van der Waals surface area contributed by atoms with Crippen molar-refractivity contribution in [2.45, 2.75) is 24.5 Å². The first kappa shape index (κ1) is 12.7. The van der Waals surface area contributed by atoms with Gasteiger partial charge in [0.25, 0.3) is 0 Å². The van der Waals surface area contributed by atoms with Crippen molar-refractivity contribution >= 4 is 27.7 Å². The molecule has 0 atom stereocenters. The zero-order valence-corrected chi connectivity index (χ0v) is 12.3. The van der Waals surface area contributed by atoms with Crippen LogP contribution in [0.1, 0.15) is 16.8 Å². The van der Waals surface area contributed by atoms with E-state index in [0.717, 1.165) is 15.9 Å². The quantitative estimate of drug-likeness (QED) is 0.759. The van der Waals surface area contributed by atoms with Gasteiger partial charge in [-0.05, 0) is 53.5 Å². The minimum absolute atomic E-state index is 0.914. The van der Waals surface area contributed by atoms with Crippen LogP contribution in [0.5, 0.6) is 0 Å². The minimum atomic E-state index is 0.914. The fourth-order valence-electron chi connectivity index (χ4n) is 1.60. The van der Waals surface area contributed by atoms with Gasteiger partial charge in [-0.1, -0.05) is 17.7 Å². The van der Waals surface area contributed by atoms with Gasteiger partial charge in [-0.2, -0.15) is 0 Å². The summed E-state index contributed by atoms with van der Waals surface area (Å²) in [5, 5.41) is 0. The summed E-state index contributed by atoms with van der Waals surface area (Å²) < 4.78 is 1.03. The van der Waals surface area contributed by atoms with Crippen LogP contribution in [0.15, 0.2) is 45.9 Å². The summed E-state index contributed by atoms with van der Waals surface area (Å²) in [5.74, 6) is 0.914. The molecule has 2 rings (SSSR count). The molecule has 0 spiro atoms. The van der Waals surface area contributed by atoms with Gasteiger partial charge >= 0.3 is 0 Å². The van der Waals surface area contributed by atoms with Crippen molar-refractivity contribution in [2.75, 3.05) is 0 Å². The molecule has 0 fully saturated rings. The van der Waals surface area contributed by atoms with Crippen LogP contribution in [0.4, 0.5) is 0 Å². The molecule has 1 aromatic carbocycles. The van der Waals surface area contributed by atoms with E-state index in [-0.39, 0.29) is 0 Å². The molecule has 0 N–H and O–H groups in total. The normalized spacial score (nSPS) is 10.5. The van der Waals surface area contributed by atoms with Crippen LogP contribution in [-0.4, -0.2) is 4.98 Å². The van der Waals surface area contributed by atoms with Crippen LogP contribution in [0.2, 0.25) is 0 Å². The molecule has 0 aliphatic carbocycles. The van der Waals surface area contributed by atoms with Gasteiger partial charge in [-0.3, -0.25) is 4.98 Å². The maximum absolute atomic E-state index is 4.37. The summed E-state index contributed by atoms with van der Waals surface area (Å²) in [6.45, 7) is 4.28. The van der Waals surface area contributed by atoms with Crippen molar-refractivity contribution < 1.29 is 0 Å². The molecule has 0 unspecified atom stereocenters. The van der Waals surface area contributed by atoms with Gasteiger partial charge in [0.15, 0.2) is 0 Å². The number of pyridine rings is 1. The number of hydrogen-bond acceptors (Lipinski definition) is 2. The van der Waals surface area contributed by atoms with Crippen molar-refractivity contribution in [3.05, 3.63) is 57.8 Å². The number of nitrogens with zero attached hydrogens (tertiary/aromatic N) is 1. The Morgan fingerprint density at radius 1 is 1.18 bits per heavy atom. The minimum Gasteiger partial charge on any atom is -0.259 e. The molecule has 0 saturated carbocycles. The van der Waals surface area contributed by atoms with Crippen LogP contribution in [-0.2, 0) is 5.75 Å². The maximum Gasteiger partial charge on any atom is 0.0507 e. The van der Waals surface area contributed by atoms with E-state index < -0.39 is 0 Å². The van der Waals surface area contributed by atoms with Crippen molar-refractivity contribution in [1.29, 1.82) is 0 Å². The van der Waals surface area contributed by atoms with Crippen LogP contribution in [0.25, 0.3) is 0 Å². The van der Waals surface area contributed by atoms with E-state index in [1.54, 1.807) is 0 Å². The molecule has 1 aromatic heterocycles. The van der Waals surface area contributed by atoms with Gasteiger partial charge in [0.1, 0.15) is 0 Å². The number of aromatic nitrogens is 1. The molecule has 88 valence electrons. The Hall–Kier alpha value is -0.800. The Morgan fingerprint density at radius 2 is 2.00 bits per heavy atom. The number of halogens is 1. The molecule has 1 nitrogen and oxygen atoms in total. The number of aryl methyl sites for hydroxylation is 2. The second-order valence-corrected chi connectivity index (χ2v) is 5.96. The van der Waals surface area contributed by atoms with Gasteiger partial charge in [-0.25, -0.2) is 0 Å². The SMILES string of the molecule is Cc1ccc(SCc2ccc(Br)cn2)c(C)c1. The maximum atomic E-state index is 4.37. The second kappa shape index (κ2) is 5.69. The lowest BCUT2D eigenvalue weighted by Crippen LogP contribution is -1.87. The Kier molecular flexibility index (Phi) is 4.24. The lowest BCUT2D eigenvalue weighted by molar-refractivity contribution is 1.16. The van der Waals surface area contributed by atoms with Gasteiger partial charge in [0, 0.05) is 21.3 Å². The van der Waals surface area contributed by atoms with E-state index in [1.165, 1.54) is 16.0 Å². The summed E-state index contributed by atoms with van der Waals surface area (Å²) in [5.41, 5.74) is 3.76. The largest absolute Gasteiger partial charge is 0.259 e. The number of rotatable bonds is 3. The van der Waals surface area contributed by atoms with Crippen molar-refractivity contribution in [1.82, 2.24) is 4.98 Å². The topological polar surface area (TPSA) is 12.9 Å². The van der Waals surface area contributed by atoms with Gasteiger partial charge < -0.3 is 0 Å². The molecular formula is C14H14BrNS. The fraction of sp³-hybridized carbons (Fsp3) is 0.214. The zero-order chi connectivity index (χ0) is 12.3. The van der Waals surface area contributed by atoms with E-state index in [9.17, 15) is 0 Å². The van der Waals surface area contributed by atoms with E-state index in [2.05, 4.69) is 59.0 Å². The van der Waals surface area contributed by atoms with E-state index in [0.29, 0.717) is 0 Å². The molecule has 3 heteroatoms. The predicted octanol–water partition coefficient (Wildman–Crippen LogP) is 4.75. The zero-order valence-electron chi connectivity index (χ0n) is 9.90. The van der Waals surface area contributed by atoms with E-state index in [4.69, 9.17) is 0 Å². The third-order valence-corrected chi connectivity index (χ3v) is 4.17. The lowest BCUT2D eigenvalue weighted by Gasteiger charge is -2.06. The summed E-state index contributed by atoms with van der Waals surface area (Å²) in [6.07, 6.45) is 1.85. The smallest absolute Gasteiger partial charge is 0.0507 e. The number of benzene rings is 1. The third-order valence-electron chi connectivity index (χ3n) is 2.49. The summed E-state index contributed by atoms with van der Waals surface area (Å²) in [7, 11) is 0. The summed E-state index contributed by atoms with van der Waals surface area (Å²) in [4.78, 5) is 5.71. The Balaban J connectivity index is 2.04. The van der Waals surface area contributed by atoms with Crippen molar-refractivity contribution in [3.8, 4) is 0 Å². The first-order chi connectivity index (χ1) is 8.15. The highest BCUT2D eigenvalue weighted by molar-refractivity contribution is 9.10. The highest BCUT2D eigenvalue weighted by Crippen LogP contribution is 2.26. The third kappa shape index (κ3) is 3.58. The standard InChI is InChI=1S/C14H14BrNS/c1-10-3-6-14(11(2)7-10)17-9-13-5-4-12(15)8-16-13/h3-8H,9H2,1-2H3. The second-order valence-electron chi connectivity index (χ2n) is 4.03. The number of thioether (sulfide) groups is 1.